The van der Waals surface area contributed by atoms with Crippen LogP contribution in [0.15, 0.2) is 24.3 Å². The number of hydrogen-bond acceptors (Lipinski definition) is 5. The monoisotopic (exact) mass is 250 g/mol. The van der Waals surface area contributed by atoms with Crippen molar-refractivity contribution in [3.8, 4) is 0 Å². The SMILES string of the molecule is COC(=O)c1ccc(NCC2COCCN2)cc1. The van der Waals surface area contributed by atoms with Crippen molar-refractivity contribution in [3.63, 3.8) is 0 Å². The largest absolute Gasteiger partial charge is 0.465 e. The number of benzene rings is 1. The van der Waals surface area contributed by atoms with E-state index in [0.29, 0.717) is 11.6 Å². The molecule has 18 heavy (non-hydrogen) atoms. The Morgan fingerprint density at radius 2 is 2.28 bits per heavy atom. The third-order valence-corrected chi connectivity index (χ3v) is 2.86. The number of nitrogens with one attached hydrogen (secondary N) is 2. The second-order valence-electron chi connectivity index (χ2n) is 4.18. The number of anilines is 1. The second-order valence-corrected chi connectivity index (χ2v) is 4.18. The summed E-state index contributed by atoms with van der Waals surface area (Å²) in [7, 11) is 1.38. The van der Waals surface area contributed by atoms with Crippen LogP contribution in [0, 0.1) is 0 Å². The molecule has 0 saturated carbocycles. The van der Waals surface area contributed by atoms with Gasteiger partial charge in [-0.25, -0.2) is 4.79 Å². The Hall–Kier alpha value is -1.59. The van der Waals surface area contributed by atoms with E-state index in [0.717, 1.165) is 32.0 Å². The molecule has 0 amide bonds. The van der Waals surface area contributed by atoms with Crippen LogP contribution in [0.1, 0.15) is 10.4 Å². The number of methoxy groups -OCH3 is 1. The van der Waals surface area contributed by atoms with E-state index in [1.165, 1.54) is 7.11 Å². The fourth-order valence-electron chi connectivity index (χ4n) is 1.83. The van der Waals surface area contributed by atoms with Gasteiger partial charge in [0.05, 0.1) is 25.9 Å². The van der Waals surface area contributed by atoms with Crippen molar-refractivity contribution >= 4 is 11.7 Å². The molecule has 1 aliphatic rings. The minimum atomic E-state index is -0.316. The van der Waals surface area contributed by atoms with Crippen molar-refractivity contribution in [1.29, 1.82) is 0 Å². The van der Waals surface area contributed by atoms with Gasteiger partial charge in [-0.05, 0) is 24.3 Å². The highest BCUT2D eigenvalue weighted by Crippen LogP contribution is 2.10. The molecule has 1 heterocycles. The minimum absolute atomic E-state index is 0.316. The molecule has 1 aliphatic heterocycles. The molecule has 2 rings (SSSR count). The van der Waals surface area contributed by atoms with Crippen LogP contribution in [0.3, 0.4) is 0 Å². The topological polar surface area (TPSA) is 59.6 Å². The fourth-order valence-corrected chi connectivity index (χ4v) is 1.83. The van der Waals surface area contributed by atoms with Crippen molar-refractivity contribution in [2.75, 3.05) is 38.7 Å². The zero-order valence-corrected chi connectivity index (χ0v) is 10.4. The molecule has 0 aromatic heterocycles. The lowest BCUT2D eigenvalue weighted by atomic mass is 10.2. The van der Waals surface area contributed by atoms with E-state index in [2.05, 4.69) is 15.4 Å². The maximum Gasteiger partial charge on any atom is 0.337 e. The van der Waals surface area contributed by atoms with E-state index in [1.54, 1.807) is 12.1 Å². The first-order valence-electron chi connectivity index (χ1n) is 6.03. The zero-order chi connectivity index (χ0) is 12.8. The molecule has 2 N–H and O–H groups in total. The van der Waals surface area contributed by atoms with Gasteiger partial charge in [0, 0.05) is 24.8 Å². The van der Waals surface area contributed by atoms with E-state index >= 15 is 0 Å². The highest BCUT2D eigenvalue weighted by Gasteiger charge is 2.12. The fraction of sp³-hybridized carbons (Fsp3) is 0.462. The number of carbonyl (C=O) groups excluding carboxylic acids is 1. The van der Waals surface area contributed by atoms with E-state index < -0.39 is 0 Å². The molecule has 0 spiro atoms. The Kier molecular flexibility index (Phi) is 4.55. The molecule has 1 fully saturated rings. The van der Waals surface area contributed by atoms with Crippen molar-refractivity contribution in [2.45, 2.75) is 6.04 Å². The number of rotatable bonds is 4. The lowest BCUT2D eigenvalue weighted by Crippen LogP contribution is -2.45. The van der Waals surface area contributed by atoms with Gasteiger partial charge in [-0.2, -0.15) is 0 Å². The standard InChI is InChI=1S/C13H18N2O3/c1-17-13(16)10-2-4-11(5-3-10)15-8-12-9-18-7-6-14-12/h2-5,12,14-15H,6-9H2,1H3. The molecule has 5 heteroatoms. The molecule has 98 valence electrons. The summed E-state index contributed by atoms with van der Waals surface area (Å²) in [4.78, 5) is 11.3. The average Bonchev–Trinajstić information content (AvgIpc) is 2.46. The number of carbonyl (C=O) groups is 1. The Morgan fingerprint density at radius 3 is 2.89 bits per heavy atom. The Balaban J connectivity index is 1.84. The summed E-state index contributed by atoms with van der Waals surface area (Å²) in [5.74, 6) is -0.316. The van der Waals surface area contributed by atoms with Gasteiger partial charge in [0.1, 0.15) is 0 Å². The minimum Gasteiger partial charge on any atom is -0.465 e. The van der Waals surface area contributed by atoms with Crippen molar-refractivity contribution < 1.29 is 14.3 Å². The third kappa shape index (κ3) is 3.45. The lowest BCUT2D eigenvalue weighted by molar-refractivity contribution is 0.0601. The number of esters is 1. The predicted octanol–water partition coefficient (Wildman–Crippen LogP) is 0.873. The molecule has 1 unspecified atom stereocenters. The van der Waals surface area contributed by atoms with Crippen LogP contribution >= 0.6 is 0 Å². The van der Waals surface area contributed by atoms with E-state index in [-0.39, 0.29) is 5.97 Å². The highest BCUT2D eigenvalue weighted by molar-refractivity contribution is 5.89. The van der Waals surface area contributed by atoms with Gasteiger partial charge in [0.2, 0.25) is 0 Å². The molecule has 0 aliphatic carbocycles. The van der Waals surface area contributed by atoms with Crippen LogP contribution in [-0.4, -0.2) is 45.4 Å². The van der Waals surface area contributed by atoms with Gasteiger partial charge in [-0.3, -0.25) is 0 Å². The zero-order valence-electron chi connectivity index (χ0n) is 10.4. The molecule has 1 aromatic rings. The molecule has 1 saturated heterocycles. The molecule has 0 bridgehead atoms. The Bertz CT molecular complexity index is 386. The molecular formula is C13H18N2O3. The summed E-state index contributed by atoms with van der Waals surface area (Å²) in [6, 6.07) is 7.57. The predicted molar refractivity (Wildman–Crippen MR) is 68.9 cm³/mol. The summed E-state index contributed by atoms with van der Waals surface area (Å²) >= 11 is 0. The van der Waals surface area contributed by atoms with Gasteiger partial charge >= 0.3 is 5.97 Å². The summed E-state index contributed by atoms with van der Waals surface area (Å²) in [5, 5.41) is 6.67. The third-order valence-electron chi connectivity index (χ3n) is 2.86. The van der Waals surface area contributed by atoms with E-state index in [1.807, 2.05) is 12.1 Å². The van der Waals surface area contributed by atoms with Crippen LogP contribution in [-0.2, 0) is 9.47 Å². The van der Waals surface area contributed by atoms with E-state index in [9.17, 15) is 4.79 Å². The highest BCUT2D eigenvalue weighted by atomic mass is 16.5. The summed E-state index contributed by atoms with van der Waals surface area (Å²) in [5.41, 5.74) is 1.54. The molecular weight excluding hydrogens is 232 g/mol. The van der Waals surface area contributed by atoms with E-state index in [4.69, 9.17) is 4.74 Å². The van der Waals surface area contributed by atoms with Crippen LogP contribution in [0.4, 0.5) is 5.69 Å². The second kappa shape index (κ2) is 6.37. The van der Waals surface area contributed by atoms with Gasteiger partial charge in [0.25, 0.3) is 0 Å². The molecule has 1 aromatic carbocycles. The van der Waals surface area contributed by atoms with Crippen molar-refractivity contribution in [2.24, 2.45) is 0 Å². The molecule has 0 radical (unpaired) electrons. The maximum absolute atomic E-state index is 11.3. The summed E-state index contributed by atoms with van der Waals surface area (Å²) < 4.78 is 10.0. The van der Waals surface area contributed by atoms with Crippen LogP contribution in [0.2, 0.25) is 0 Å². The normalized spacial score (nSPS) is 19.3. The smallest absolute Gasteiger partial charge is 0.337 e. The van der Waals surface area contributed by atoms with Gasteiger partial charge in [0.15, 0.2) is 0 Å². The van der Waals surface area contributed by atoms with Gasteiger partial charge < -0.3 is 20.1 Å². The molecule has 1 atom stereocenters. The first-order valence-corrected chi connectivity index (χ1v) is 6.03. The van der Waals surface area contributed by atoms with Crippen LogP contribution < -0.4 is 10.6 Å². The van der Waals surface area contributed by atoms with Crippen molar-refractivity contribution in [3.05, 3.63) is 29.8 Å². The first kappa shape index (κ1) is 12.9. The Morgan fingerprint density at radius 1 is 1.50 bits per heavy atom. The summed E-state index contributed by atoms with van der Waals surface area (Å²) in [6.07, 6.45) is 0. The van der Waals surface area contributed by atoms with Gasteiger partial charge in [-0.15, -0.1) is 0 Å². The quantitative estimate of drug-likeness (QED) is 0.777. The first-order chi connectivity index (χ1) is 8.79. The Labute approximate surface area is 106 Å². The van der Waals surface area contributed by atoms with Gasteiger partial charge in [-0.1, -0.05) is 0 Å². The van der Waals surface area contributed by atoms with Crippen LogP contribution in [0.25, 0.3) is 0 Å². The molecule has 5 nitrogen and oxygen atoms in total. The average molecular weight is 250 g/mol. The number of morpholine rings is 1. The van der Waals surface area contributed by atoms with Crippen molar-refractivity contribution in [1.82, 2.24) is 5.32 Å². The lowest BCUT2D eigenvalue weighted by Gasteiger charge is -2.24. The number of ether oxygens (including phenoxy) is 2. The maximum atomic E-state index is 11.3. The summed E-state index contributed by atoms with van der Waals surface area (Å²) in [6.45, 7) is 3.21. The number of hydrogen-bond donors (Lipinski definition) is 2. The van der Waals surface area contributed by atoms with Crippen LogP contribution in [0.5, 0.6) is 0 Å².